The number of pyridine rings is 1. The molecular weight excluding hydrogens is 292 g/mol. The Morgan fingerprint density at radius 2 is 2.13 bits per heavy atom. The number of hydrogen-bond donors (Lipinski definition) is 2. The van der Waals surface area contributed by atoms with Gasteiger partial charge in [0.15, 0.2) is 0 Å². The molecule has 3 rings (SSSR count). The summed E-state index contributed by atoms with van der Waals surface area (Å²) in [6.45, 7) is 0. The molecule has 126 valence electrons. The van der Waals surface area contributed by atoms with E-state index in [4.69, 9.17) is 4.74 Å². The van der Waals surface area contributed by atoms with E-state index in [1.807, 2.05) is 18.2 Å². The molecule has 23 heavy (non-hydrogen) atoms. The molecule has 1 aromatic rings. The molecule has 0 unspecified atom stereocenters. The molecular formula is C18H26N2O3. The van der Waals surface area contributed by atoms with Crippen molar-refractivity contribution in [3.8, 4) is 0 Å². The molecule has 0 radical (unpaired) electrons. The highest BCUT2D eigenvalue weighted by Crippen LogP contribution is 2.31. The van der Waals surface area contributed by atoms with Crippen LogP contribution in [0.2, 0.25) is 0 Å². The number of nitrogens with one attached hydrogen (secondary N) is 1. The van der Waals surface area contributed by atoms with Gasteiger partial charge in [0.25, 0.3) is 0 Å². The standard InChI is InChI=1S/C18H26N2O3/c21-16(14-8-4-5-11-19-14)9-10-17-15(20-18(22)23-17)12-13-6-2-1-3-7-13/h4-5,8,11,13,15-17,21H,1-3,6-7,9-10,12H2,(H,20,22)/t15-,16+,17-/m0/s1. The molecule has 1 aliphatic heterocycles. The first-order valence-corrected chi connectivity index (χ1v) is 8.78. The highest BCUT2D eigenvalue weighted by atomic mass is 16.6. The second-order valence-corrected chi connectivity index (χ2v) is 6.78. The number of alkyl carbamates (subject to hydrolysis) is 1. The maximum absolute atomic E-state index is 11.6. The fraction of sp³-hybridized carbons (Fsp3) is 0.667. The number of carbonyl (C=O) groups is 1. The molecule has 1 saturated carbocycles. The van der Waals surface area contributed by atoms with Crippen LogP contribution in [0.1, 0.15) is 63.2 Å². The molecule has 5 heteroatoms. The number of carbonyl (C=O) groups excluding carboxylic acids is 1. The Bertz CT molecular complexity index is 502. The molecule has 3 atom stereocenters. The van der Waals surface area contributed by atoms with Gasteiger partial charge in [0.2, 0.25) is 0 Å². The van der Waals surface area contributed by atoms with E-state index < -0.39 is 6.10 Å². The topological polar surface area (TPSA) is 71.5 Å². The lowest BCUT2D eigenvalue weighted by Crippen LogP contribution is -2.34. The zero-order chi connectivity index (χ0) is 16.1. The van der Waals surface area contributed by atoms with Crippen LogP contribution in [-0.4, -0.2) is 28.3 Å². The molecule has 2 fully saturated rings. The molecule has 1 aromatic heterocycles. The monoisotopic (exact) mass is 318 g/mol. The van der Waals surface area contributed by atoms with Gasteiger partial charge in [-0.3, -0.25) is 4.98 Å². The summed E-state index contributed by atoms with van der Waals surface area (Å²) in [6.07, 6.45) is 9.29. The molecule has 2 aliphatic rings. The Labute approximate surface area is 137 Å². The van der Waals surface area contributed by atoms with Crippen molar-refractivity contribution < 1.29 is 14.6 Å². The highest BCUT2D eigenvalue weighted by Gasteiger charge is 2.35. The number of rotatable bonds is 6. The Kier molecular flexibility index (Phi) is 5.49. The summed E-state index contributed by atoms with van der Waals surface area (Å²) in [5.74, 6) is 0.693. The van der Waals surface area contributed by atoms with Crippen LogP contribution in [-0.2, 0) is 4.74 Å². The lowest BCUT2D eigenvalue weighted by atomic mass is 9.83. The van der Waals surface area contributed by atoms with Gasteiger partial charge in [0.05, 0.1) is 17.8 Å². The van der Waals surface area contributed by atoms with Gasteiger partial charge in [-0.1, -0.05) is 38.2 Å². The normalized spacial score (nSPS) is 26.6. The Hall–Kier alpha value is -1.62. The molecule has 0 aromatic carbocycles. The van der Waals surface area contributed by atoms with E-state index in [-0.39, 0.29) is 18.2 Å². The summed E-state index contributed by atoms with van der Waals surface area (Å²) in [4.78, 5) is 15.8. The first-order chi connectivity index (χ1) is 11.2. The van der Waals surface area contributed by atoms with Crippen molar-refractivity contribution in [2.45, 2.75) is 69.6 Å². The van der Waals surface area contributed by atoms with Crippen LogP contribution in [0.25, 0.3) is 0 Å². The SMILES string of the molecule is O=C1N[C@@H](CC2CCCCC2)[C@H](CC[C@@H](O)c2ccccn2)O1. The summed E-state index contributed by atoms with van der Waals surface area (Å²) < 4.78 is 5.42. The van der Waals surface area contributed by atoms with Crippen LogP contribution in [0.3, 0.4) is 0 Å². The minimum Gasteiger partial charge on any atom is -0.444 e. The fourth-order valence-corrected chi connectivity index (χ4v) is 3.79. The smallest absolute Gasteiger partial charge is 0.407 e. The number of aliphatic hydroxyl groups excluding tert-OH is 1. The third kappa shape index (κ3) is 4.44. The van der Waals surface area contributed by atoms with Crippen LogP contribution >= 0.6 is 0 Å². The van der Waals surface area contributed by atoms with Gasteiger partial charge in [-0.25, -0.2) is 4.79 Å². The van der Waals surface area contributed by atoms with Crippen molar-refractivity contribution in [3.63, 3.8) is 0 Å². The second kappa shape index (κ2) is 7.77. The molecule has 1 amide bonds. The largest absolute Gasteiger partial charge is 0.444 e. The van der Waals surface area contributed by atoms with Crippen LogP contribution in [0.4, 0.5) is 4.79 Å². The molecule has 0 spiro atoms. The van der Waals surface area contributed by atoms with E-state index in [9.17, 15) is 9.90 Å². The second-order valence-electron chi connectivity index (χ2n) is 6.78. The minimum atomic E-state index is -0.606. The van der Waals surface area contributed by atoms with Gasteiger partial charge in [-0.2, -0.15) is 0 Å². The zero-order valence-corrected chi connectivity index (χ0v) is 13.5. The van der Waals surface area contributed by atoms with Crippen LogP contribution in [0.15, 0.2) is 24.4 Å². The van der Waals surface area contributed by atoms with Crippen molar-refractivity contribution in [2.75, 3.05) is 0 Å². The number of hydrogen-bond acceptors (Lipinski definition) is 4. The fourth-order valence-electron chi connectivity index (χ4n) is 3.79. The summed E-state index contributed by atoms with van der Waals surface area (Å²) >= 11 is 0. The van der Waals surface area contributed by atoms with Crippen molar-refractivity contribution in [3.05, 3.63) is 30.1 Å². The zero-order valence-electron chi connectivity index (χ0n) is 13.5. The number of cyclic esters (lactones) is 1. The predicted octanol–water partition coefficient (Wildman–Crippen LogP) is 3.34. The average molecular weight is 318 g/mol. The maximum Gasteiger partial charge on any atom is 0.407 e. The summed E-state index contributed by atoms with van der Waals surface area (Å²) in [5, 5.41) is 13.2. The number of nitrogens with zero attached hydrogens (tertiary/aromatic N) is 1. The van der Waals surface area contributed by atoms with E-state index >= 15 is 0 Å². The van der Waals surface area contributed by atoms with Crippen molar-refractivity contribution in [1.29, 1.82) is 0 Å². The minimum absolute atomic E-state index is 0.0848. The number of ether oxygens (including phenoxy) is 1. The number of aliphatic hydroxyl groups is 1. The van der Waals surface area contributed by atoms with Crippen molar-refractivity contribution in [2.24, 2.45) is 5.92 Å². The van der Waals surface area contributed by atoms with E-state index in [0.717, 1.165) is 6.42 Å². The third-order valence-electron chi connectivity index (χ3n) is 5.08. The Balaban J connectivity index is 1.51. The van der Waals surface area contributed by atoms with Crippen LogP contribution < -0.4 is 5.32 Å². The van der Waals surface area contributed by atoms with E-state index in [1.54, 1.807) is 6.20 Å². The van der Waals surface area contributed by atoms with Crippen molar-refractivity contribution in [1.82, 2.24) is 10.3 Å². The molecule has 2 N–H and O–H groups in total. The first kappa shape index (κ1) is 16.2. The molecule has 0 bridgehead atoms. The lowest BCUT2D eigenvalue weighted by molar-refractivity contribution is 0.0949. The summed E-state index contributed by atoms with van der Waals surface area (Å²) in [6, 6.07) is 5.61. The number of amides is 1. The van der Waals surface area contributed by atoms with E-state index in [1.165, 1.54) is 32.1 Å². The number of aromatic nitrogens is 1. The lowest BCUT2D eigenvalue weighted by Gasteiger charge is -2.26. The van der Waals surface area contributed by atoms with Crippen molar-refractivity contribution >= 4 is 6.09 Å². The Morgan fingerprint density at radius 1 is 1.30 bits per heavy atom. The maximum atomic E-state index is 11.6. The summed E-state index contributed by atoms with van der Waals surface area (Å²) in [5.41, 5.74) is 0.675. The van der Waals surface area contributed by atoms with Gasteiger partial charge in [-0.15, -0.1) is 0 Å². The molecule has 5 nitrogen and oxygen atoms in total. The molecule has 1 saturated heterocycles. The van der Waals surface area contributed by atoms with Crippen LogP contribution in [0.5, 0.6) is 0 Å². The van der Waals surface area contributed by atoms with Gasteiger partial charge >= 0.3 is 6.09 Å². The van der Waals surface area contributed by atoms with Gasteiger partial charge in [0, 0.05) is 6.20 Å². The van der Waals surface area contributed by atoms with Gasteiger partial charge in [-0.05, 0) is 37.3 Å². The van der Waals surface area contributed by atoms with Gasteiger partial charge < -0.3 is 15.2 Å². The molecule has 2 heterocycles. The van der Waals surface area contributed by atoms with E-state index in [2.05, 4.69) is 10.3 Å². The van der Waals surface area contributed by atoms with Crippen LogP contribution in [0, 0.1) is 5.92 Å². The quantitative estimate of drug-likeness (QED) is 0.844. The predicted molar refractivity (Wildman–Crippen MR) is 86.8 cm³/mol. The highest BCUT2D eigenvalue weighted by molar-refractivity contribution is 5.70. The first-order valence-electron chi connectivity index (χ1n) is 8.78. The van der Waals surface area contributed by atoms with E-state index in [0.29, 0.717) is 24.5 Å². The third-order valence-corrected chi connectivity index (χ3v) is 5.08. The molecule has 1 aliphatic carbocycles. The summed E-state index contributed by atoms with van der Waals surface area (Å²) in [7, 11) is 0. The Morgan fingerprint density at radius 3 is 2.87 bits per heavy atom. The van der Waals surface area contributed by atoms with Gasteiger partial charge in [0.1, 0.15) is 6.10 Å². The average Bonchev–Trinajstić information content (AvgIpc) is 2.94.